The molecule has 3 rings (SSSR count). The lowest BCUT2D eigenvalue weighted by Crippen LogP contribution is -2.50. The van der Waals surface area contributed by atoms with Gasteiger partial charge in [-0.1, -0.05) is 0 Å². The van der Waals surface area contributed by atoms with E-state index in [-0.39, 0.29) is 24.0 Å². The minimum atomic E-state index is -1.14. The molecule has 140 valence electrons. The number of likely N-dealkylation sites (N-methyl/N-ethyl adjacent to an activating group) is 1. The highest BCUT2D eigenvalue weighted by atomic mass is 19.2. The number of halogens is 2. The van der Waals surface area contributed by atoms with E-state index in [0.29, 0.717) is 11.3 Å². The molecule has 4 N–H and O–H groups in total. The highest BCUT2D eigenvalue weighted by Gasteiger charge is 2.33. The summed E-state index contributed by atoms with van der Waals surface area (Å²) in [6.07, 6.45) is -1.06. The van der Waals surface area contributed by atoms with Crippen LogP contribution in [0.25, 0.3) is 10.8 Å². The van der Waals surface area contributed by atoms with Gasteiger partial charge < -0.3 is 25.5 Å². The predicted molar refractivity (Wildman–Crippen MR) is 89.3 cm³/mol. The summed E-state index contributed by atoms with van der Waals surface area (Å²) in [6, 6.07) is -0.0438. The molecule has 1 aliphatic heterocycles. The number of carbonyl (C=O) groups excluding carboxylic acids is 1. The zero-order valence-corrected chi connectivity index (χ0v) is 14.3. The summed E-state index contributed by atoms with van der Waals surface area (Å²) in [5.41, 5.74) is 6.00. The molecule has 7 nitrogen and oxygen atoms in total. The molecule has 26 heavy (non-hydrogen) atoms. The van der Waals surface area contributed by atoms with Crippen LogP contribution in [0.15, 0.2) is 16.9 Å². The average molecular weight is 367 g/mol. The SMILES string of the molecule is C[C@@H](O)[C@@H](N)C(=O)N(C)[C@@H]1COCc2[nH]c(=O)c3cc(F)c(F)cc3c21. The number of hydrogen-bond donors (Lipinski definition) is 3. The number of aliphatic hydroxyl groups is 1. The van der Waals surface area contributed by atoms with Crippen LogP contribution in [0.3, 0.4) is 0 Å². The Morgan fingerprint density at radius 2 is 2.00 bits per heavy atom. The number of carbonyl (C=O) groups is 1. The third-order valence-corrected chi connectivity index (χ3v) is 4.66. The third kappa shape index (κ3) is 2.98. The number of nitrogens with zero attached hydrogens (tertiary/aromatic N) is 1. The van der Waals surface area contributed by atoms with Crippen LogP contribution >= 0.6 is 0 Å². The summed E-state index contributed by atoms with van der Waals surface area (Å²) in [5, 5.41) is 9.76. The second-order valence-corrected chi connectivity index (χ2v) is 6.40. The van der Waals surface area contributed by atoms with Crippen molar-refractivity contribution < 1.29 is 23.4 Å². The van der Waals surface area contributed by atoms with Crippen molar-refractivity contribution in [2.24, 2.45) is 5.73 Å². The number of aliphatic hydroxyl groups excluding tert-OH is 1. The lowest BCUT2D eigenvalue weighted by atomic mass is 9.95. The van der Waals surface area contributed by atoms with Gasteiger partial charge in [-0.15, -0.1) is 0 Å². The van der Waals surface area contributed by atoms with E-state index in [9.17, 15) is 23.5 Å². The first-order valence-corrected chi connectivity index (χ1v) is 8.04. The molecule has 0 radical (unpaired) electrons. The smallest absolute Gasteiger partial charge is 0.256 e. The molecular formula is C17H19F2N3O4. The monoisotopic (exact) mass is 367 g/mol. The number of fused-ring (bicyclic) bond motifs is 3. The summed E-state index contributed by atoms with van der Waals surface area (Å²) >= 11 is 0. The van der Waals surface area contributed by atoms with Gasteiger partial charge >= 0.3 is 0 Å². The molecule has 1 amide bonds. The second kappa shape index (κ2) is 6.75. The molecule has 0 unspecified atom stereocenters. The zero-order valence-electron chi connectivity index (χ0n) is 14.3. The molecule has 2 heterocycles. The van der Waals surface area contributed by atoms with E-state index >= 15 is 0 Å². The molecule has 2 aromatic rings. The molecule has 0 saturated heterocycles. The molecule has 1 aromatic heterocycles. The largest absolute Gasteiger partial charge is 0.391 e. The number of pyridine rings is 1. The van der Waals surface area contributed by atoms with Crippen molar-refractivity contribution in [2.75, 3.05) is 13.7 Å². The fourth-order valence-corrected chi connectivity index (χ4v) is 3.14. The van der Waals surface area contributed by atoms with Crippen LogP contribution in [-0.2, 0) is 16.1 Å². The second-order valence-electron chi connectivity index (χ2n) is 6.40. The minimum absolute atomic E-state index is 0.0183. The average Bonchev–Trinajstić information content (AvgIpc) is 2.60. The Kier molecular flexibility index (Phi) is 4.78. The van der Waals surface area contributed by atoms with Crippen LogP contribution in [0, 0.1) is 11.6 Å². The van der Waals surface area contributed by atoms with Crippen LogP contribution < -0.4 is 11.3 Å². The number of nitrogens with two attached hydrogens (primary N) is 1. The van der Waals surface area contributed by atoms with E-state index in [2.05, 4.69) is 4.98 Å². The first kappa shape index (κ1) is 18.4. The van der Waals surface area contributed by atoms with Gasteiger partial charge in [-0.05, 0) is 24.4 Å². The van der Waals surface area contributed by atoms with Crippen molar-refractivity contribution >= 4 is 16.7 Å². The van der Waals surface area contributed by atoms with Gasteiger partial charge in [0.05, 0.1) is 30.7 Å². The molecule has 1 aromatic carbocycles. The normalized spacial score (nSPS) is 19.1. The number of ether oxygens (including phenoxy) is 1. The number of amides is 1. The van der Waals surface area contributed by atoms with Gasteiger partial charge in [0, 0.05) is 18.3 Å². The van der Waals surface area contributed by atoms with E-state index < -0.39 is 41.3 Å². The van der Waals surface area contributed by atoms with Gasteiger partial charge in [0.25, 0.3) is 5.56 Å². The van der Waals surface area contributed by atoms with Crippen molar-refractivity contribution in [2.45, 2.75) is 31.7 Å². The maximum absolute atomic E-state index is 13.8. The summed E-state index contributed by atoms with van der Waals surface area (Å²) in [6.45, 7) is 1.55. The van der Waals surface area contributed by atoms with E-state index in [1.807, 2.05) is 0 Å². The molecule has 1 aliphatic rings. The fraction of sp³-hybridized carbons (Fsp3) is 0.412. The van der Waals surface area contributed by atoms with Crippen LogP contribution in [0.5, 0.6) is 0 Å². The molecule has 0 bridgehead atoms. The van der Waals surface area contributed by atoms with E-state index in [1.165, 1.54) is 18.9 Å². The molecular weight excluding hydrogens is 348 g/mol. The predicted octanol–water partition coefficient (Wildman–Crippen LogP) is 0.544. The first-order valence-electron chi connectivity index (χ1n) is 8.04. The Labute approximate surface area is 147 Å². The van der Waals surface area contributed by atoms with Crippen molar-refractivity contribution in [3.8, 4) is 0 Å². The Morgan fingerprint density at radius 1 is 1.38 bits per heavy atom. The van der Waals surface area contributed by atoms with Crippen LogP contribution in [0.1, 0.15) is 24.2 Å². The van der Waals surface area contributed by atoms with Gasteiger partial charge in [-0.3, -0.25) is 9.59 Å². The summed E-state index contributed by atoms with van der Waals surface area (Å²) < 4.78 is 32.8. The quantitative estimate of drug-likeness (QED) is 0.734. The molecule has 0 aliphatic carbocycles. The van der Waals surface area contributed by atoms with Crippen molar-refractivity contribution in [1.82, 2.24) is 9.88 Å². The lowest BCUT2D eigenvalue weighted by molar-refractivity contribution is -0.137. The van der Waals surface area contributed by atoms with E-state index in [4.69, 9.17) is 10.5 Å². The van der Waals surface area contributed by atoms with Gasteiger partial charge in [-0.2, -0.15) is 0 Å². The molecule has 0 fully saturated rings. The maximum Gasteiger partial charge on any atom is 0.256 e. The lowest BCUT2D eigenvalue weighted by Gasteiger charge is -2.35. The Balaban J connectivity index is 2.17. The molecule has 0 saturated carbocycles. The van der Waals surface area contributed by atoms with E-state index in [0.717, 1.165) is 12.1 Å². The number of benzene rings is 1. The van der Waals surface area contributed by atoms with Crippen LogP contribution in [0.2, 0.25) is 0 Å². The summed E-state index contributed by atoms with van der Waals surface area (Å²) in [5.74, 6) is -2.76. The Hall–Kier alpha value is -2.36. The number of hydrogen-bond acceptors (Lipinski definition) is 5. The van der Waals surface area contributed by atoms with Gasteiger partial charge in [0.2, 0.25) is 5.91 Å². The number of H-pyrrole nitrogens is 1. The highest BCUT2D eigenvalue weighted by Crippen LogP contribution is 2.33. The molecule has 3 atom stereocenters. The highest BCUT2D eigenvalue weighted by molar-refractivity contribution is 5.88. The van der Waals surface area contributed by atoms with Crippen LogP contribution in [0.4, 0.5) is 8.78 Å². The van der Waals surface area contributed by atoms with Crippen LogP contribution in [-0.4, -0.2) is 46.7 Å². The number of aromatic amines is 1. The Bertz CT molecular complexity index is 928. The summed E-state index contributed by atoms with van der Waals surface area (Å²) in [7, 11) is 1.48. The number of nitrogens with one attached hydrogen (secondary N) is 1. The first-order chi connectivity index (χ1) is 12.2. The molecule has 9 heteroatoms. The topological polar surface area (TPSA) is 109 Å². The number of rotatable bonds is 3. The Morgan fingerprint density at radius 3 is 2.62 bits per heavy atom. The maximum atomic E-state index is 13.8. The van der Waals surface area contributed by atoms with E-state index in [1.54, 1.807) is 0 Å². The standard InChI is InChI=1S/C17H19F2N3O4/c1-7(23)15(20)17(25)22(2)13-6-26-5-12-14(13)8-3-10(18)11(19)4-9(8)16(24)21-12/h3-4,7,13,15,23H,5-6,20H2,1-2H3,(H,21,24)/t7-,13-,15-/m1/s1. The van der Waals surface area contributed by atoms with Crippen molar-refractivity contribution in [3.05, 3.63) is 45.4 Å². The van der Waals surface area contributed by atoms with Crippen molar-refractivity contribution in [3.63, 3.8) is 0 Å². The third-order valence-electron chi connectivity index (χ3n) is 4.66. The number of aromatic nitrogens is 1. The fourth-order valence-electron chi connectivity index (χ4n) is 3.14. The van der Waals surface area contributed by atoms with Crippen molar-refractivity contribution in [1.29, 1.82) is 0 Å². The zero-order chi connectivity index (χ0) is 19.2. The minimum Gasteiger partial charge on any atom is -0.391 e. The summed E-state index contributed by atoms with van der Waals surface area (Å²) in [4.78, 5) is 28.6. The van der Waals surface area contributed by atoms with Gasteiger partial charge in [-0.25, -0.2) is 8.78 Å². The molecule has 0 spiro atoms. The van der Waals surface area contributed by atoms with Gasteiger partial charge in [0.15, 0.2) is 11.6 Å². The van der Waals surface area contributed by atoms with Gasteiger partial charge in [0.1, 0.15) is 6.04 Å².